The molecule has 0 atom stereocenters. The zero-order chi connectivity index (χ0) is 30.4. The first-order chi connectivity index (χ1) is 19.9. The van der Waals surface area contributed by atoms with Crippen LogP contribution in [0.1, 0.15) is 59.6 Å². The average Bonchev–Trinajstić information content (AvgIpc) is 2.91. The topological polar surface area (TPSA) is 0 Å². The highest BCUT2D eigenvalue weighted by molar-refractivity contribution is 5.88. The van der Waals surface area contributed by atoms with E-state index in [4.69, 9.17) is 0 Å². The molecule has 4 aromatic rings. The highest BCUT2D eigenvalue weighted by Crippen LogP contribution is 2.27. The minimum Gasteiger partial charge on any atom is -0.206 e. The number of aryl methyl sites for hydroxylation is 1. The first-order valence-corrected chi connectivity index (χ1v) is 13.1. The maximum atomic E-state index is 14.8. The van der Waals surface area contributed by atoms with E-state index in [1.165, 1.54) is 48.4 Å². The molecule has 0 aliphatic rings. The van der Waals surface area contributed by atoms with E-state index in [9.17, 15) is 35.1 Å². The molecule has 0 N–H and O–H groups in total. The molecule has 0 amide bonds. The molecule has 0 heterocycles. The van der Waals surface area contributed by atoms with Crippen molar-refractivity contribution in [2.75, 3.05) is 0 Å². The number of rotatable bonds is 8. The van der Waals surface area contributed by atoms with Crippen molar-refractivity contribution in [2.45, 2.75) is 38.8 Å². The van der Waals surface area contributed by atoms with Gasteiger partial charge < -0.3 is 0 Å². The summed E-state index contributed by atoms with van der Waals surface area (Å²) in [5, 5.41) is -0.150. The van der Waals surface area contributed by atoms with E-state index >= 15 is 0 Å². The van der Waals surface area contributed by atoms with Crippen LogP contribution in [0.4, 0.5) is 35.1 Å². The van der Waals surface area contributed by atoms with Gasteiger partial charge in [0.25, 0.3) is 0 Å². The smallest absolute Gasteiger partial charge is 0.206 e. The fourth-order valence-corrected chi connectivity index (χ4v) is 4.37. The molecule has 216 valence electrons. The summed E-state index contributed by atoms with van der Waals surface area (Å²) in [5.41, 5.74) is 0.283. The summed E-state index contributed by atoms with van der Waals surface area (Å²) in [6.07, 6.45) is 4.24. The average molecular weight is 585 g/mol. The maximum absolute atomic E-state index is 14.8. The van der Waals surface area contributed by atoms with E-state index in [0.717, 1.165) is 61.4 Å². The molecule has 0 spiro atoms. The minimum absolute atomic E-state index is 0.0207. The summed E-state index contributed by atoms with van der Waals surface area (Å²) in [4.78, 5) is 0. The lowest BCUT2D eigenvalue weighted by atomic mass is 10.0. The summed E-state index contributed by atoms with van der Waals surface area (Å²) in [6.45, 7) is 2.09. The van der Waals surface area contributed by atoms with Gasteiger partial charge in [0.15, 0.2) is 0 Å². The zero-order valence-corrected chi connectivity index (χ0v) is 22.4. The number of halogens is 8. The second-order valence-electron chi connectivity index (χ2n) is 9.65. The zero-order valence-electron chi connectivity index (χ0n) is 22.4. The van der Waals surface area contributed by atoms with Crippen LogP contribution < -0.4 is 0 Å². The van der Waals surface area contributed by atoms with E-state index in [1.54, 1.807) is 6.07 Å². The fourth-order valence-electron chi connectivity index (χ4n) is 4.37. The Morgan fingerprint density at radius 3 is 2.07 bits per heavy atom. The van der Waals surface area contributed by atoms with Crippen LogP contribution in [-0.4, -0.2) is 6.18 Å². The molecule has 42 heavy (non-hydrogen) atoms. The SMILES string of the molecule is CCCCCc1ccc(/C=C/c2cc(F)c(/C=C/c3ccc4c(F)c(C#CC(F)(F)F)c(F)cc4c3)c(F)c2)c(F)c1. The molecule has 4 rings (SSSR count). The third-order valence-electron chi connectivity index (χ3n) is 6.51. The molecule has 0 saturated carbocycles. The predicted octanol–water partition coefficient (Wildman–Crippen LogP) is 10.5. The van der Waals surface area contributed by atoms with Crippen molar-refractivity contribution in [1.82, 2.24) is 0 Å². The van der Waals surface area contributed by atoms with Crippen LogP contribution in [0.5, 0.6) is 0 Å². The molecule has 0 nitrogen and oxygen atoms in total. The Kier molecular flexibility index (Phi) is 9.52. The molecule has 0 fully saturated rings. The molecular weight excluding hydrogens is 560 g/mol. The van der Waals surface area contributed by atoms with Gasteiger partial charge in [0, 0.05) is 22.4 Å². The molecule has 8 heteroatoms. The van der Waals surface area contributed by atoms with Crippen molar-refractivity contribution in [3.63, 3.8) is 0 Å². The Bertz CT molecular complexity index is 1710. The molecule has 4 aromatic carbocycles. The van der Waals surface area contributed by atoms with Crippen molar-refractivity contribution in [2.24, 2.45) is 0 Å². The summed E-state index contributed by atoms with van der Waals surface area (Å²) in [7, 11) is 0. The van der Waals surface area contributed by atoms with Gasteiger partial charge in [-0.25, -0.2) is 22.0 Å². The lowest BCUT2D eigenvalue weighted by molar-refractivity contribution is -0.0696. The molecule has 0 unspecified atom stereocenters. The van der Waals surface area contributed by atoms with Crippen LogP contribution in [0.15, 0.2) is 54.6 Å². The molecular formula is C34H24F8. The molecule has 0 aromatic heterocycles. The second-order valence-corrected chi connectivity index (χ2v) is 9.65. The van der Waals surface area contributed by atoms with E-state index in [2.05, 4.69) is 6.92 Å². The van der Waals surface area contributed by atoms with Gasteiger partial charge in [-0.05, 0) is 71.3 Å². The van der Waals surface area contributed by atoms with E-state index < -0.39 is 40.8 Å². The Morgan fingerprint density at radius 1 is 0.690 bits per heavy atom. The Labute approximate surface area is 238 Å². The van der Waals surface area contributed by atoms with Crippen LogP contribution in [0.3, 0.4) is 0 Å². The molecule has 0 saturated heterocycles. The van der Waals surface area contributed by atoms with Crippen molar-refractivity contribution >= 4 is 35.1 Å². The Balaban J connectivity index is 1.53. The number of fused-ring (bicyclic) bond motifs is 1. The number of hydrogen-bond donors (Lipinski definition) is 0. The van der Waals surface area contributed by atoms with E-state index in [-0.39, 0.29) is 27.5 Å². The van der Waals surface area contributed by atoms with Gasteiger partial charge in [-0.2, -0.15) is 13.2 Å². The Morgan fingerprint density at radius 2 is 1.40 bits per heavy atom. The van der Waals surface area contributed by atoms with Crippen LogP contribution in [0, 0.1) is 40.9 Å². The normalized spacial score (nSPS) is 11.9. The maximum Gasteiger partial charge on any atom is 0.458 e. The van der Waals surface area contributed by atoms with Gasteiger partial charge in [-0.15, -0.1) is 0 Å². The third-order valence-corrected chi connectivity index (χ3v) is 6.51. The van der Waals surface area contributed by atoms with Gasteiger partial charge in [0.05, 0.1) is 5.56 Å². The lowest BCUT2D eigenvalue weighted by Gasteiger charge is -2.06. The lowest BCUT2D eigenvalue weighted by Crippen LogP contribution is -2.02. The minimum atomic E-state index is -4.92. The van der Waals surface area contributed by atoms with Crippen LogP contribution in [-0.2, 0) is 6.42 Å². The number of unbranched alkanes of at least 4 members (excludes halogenated alkanes) is 2. The number of benzene rings is 4. The monoisotopic (exact) mass is 584 g/mol. The van der Waals surface area contributed by atoms with Gasteiger partial charge >= 0.3 is 6.18 Å². The summed E-state index contributed by atoms with van der Waals surface area (Å²) in [6, 6.07) is 11.8. The molecule has 0 aliphatic carbocycles. The van der Waals surface area contributed by atoms with Gasteiger partial charge in [0.1, 0.15) is 29.1 Å². The molecule has 0 aliphatic heterocycles. The summed E-state index contributed by atoms with van der Waals surface area (Å²) in [5.74, 6) is -2.41. The molecule has 0 radical (unpaired) electrons. The van der Waals surface area contributed by atoms with E-state index in [0.29, 0.717) is 5.56 Å². The third kappa shape index (κ3) is 7.67. The first-order valence-electron chi connectivity index (χ1n) is 13.1. The quantitative estimate of drug-likeness (QED) is 0.0837. The highest BCUT2D eigenvalue weighted by atomic mass is 19.4. The van der Waals surface area contributed by atoms with Gasteiger partial charge in [-0.3, -0.25) is 0 Å². The second kappa shape index (κ2) is 13.1. The fraction of sp³-hybridized carbons (Fsp3) is 0.176. The van der Waals surface area contributed by atoms with Crippen LogP contribution in [0.2, 0.25) is 0 Å². The highest BCUT2D eigenvalue weighted by Gasteiger charge is 2.24. The largest absolute Gasteiger partial charge is 0.458 e. The first kappa shape index (κ1) is 30.6. The standard InChI is InChI=1S/C34H24F8/c1-2-3-4-5-21-6-10-24(29(35)17-21)11-7-23-18-30(36)27(31(37)19-23)13-9-22-8-12-26-25(16-22)20-32(38)28(33(26)39)14-15-34(40,41)42/h6-13,16-20H,2-5H2,1H3/b11-7+,13-9+. The number of alkyl halides is 3. The van der Waals surface area contributed by atoms with Crippen molar-refractivity contribution in [1.29, 1.82) is 0 Å². The van der Waals surface area contributed by atoms with Crippen LogP contribution in [0.25, 0.3) is 35.1 Å². The van der Waals surface area contributed by atoms with Crippen LogP contribution >= 0.6 is 0 Å². The molecule has 0 bridgehead atoms. The van der Waals surface area contributed by atoms with E-state index in [1.807, 2.05) is 6.07 Å². The van der Waals surface area contributed by atoms with Crippen molar-refractivity contribution in [3.8, 4) is 11.8 Å². The Hall–Kier alpha value is -4.38. The summed E-state index contributed by atoms with van der Waals surface area (Å²) < 4.78 is 110. The van der Waals surface area contributed by atoms with Crippen molar-refractivity contribution in [3.05, 3.63) is 117 Å². The van der Waals surface area contributed by atoms with Crippen molar-refractivity contribution < 1.29 is 35.1 Å². The van der Waals surface area contributed by atoms with Gasteiger partial charge in [-0.1, -0.05) is 68.2 Å². The summed E-state index contributed by atoms with van der Waals surface area (Å²) >= 11 is 0. The predicted molar refractivity (Wildman–Crippen MR) is 151 cm³/mol. The van der Waals surface area contributed by atoms with Gasteiger partial charge in [0.2, 0.25) is 0 Å². The number of hydrogen-bond acceptors (Lipinski definition) is 0.